The number of hydrogen-bond acceptors (Lipinski definition) is 2. The molecule has 2 N–H and O–H groups in total. The Bertz CT molecular complexity index is 294. The molecule has 0 aromatic carbocycles. The molecule has 1 aliphatic heterocycles. The highest BCUT2D eigenvalue weighted by Crippen LogP contribution is 2.31. The fourth-order valence-corrected chi connectivity index (χ4v) is 2.27. The fourth-order valence-electron chi connectivity index (χ4n) is 2.07. The van der Waals surface area contributed by atoms with Crippen molar-refractivity contribution in [2.24, 2.45) is 17.1 Å². The van der Waals surface area contributed by atoms with Crippen LogP contribution < -0.4 is 5.73 Å². The van der Waals surface area contributed by atoms with Crippen molar-refractivity contribution in [2.45, 2.75) is 46.5 Å². The van der Waals surface area contributed by atoms with Crippen LogP contribution in [0.15, 0.2) is 0 Å². The third-order valence-electron chi connectivity index (χ3n) is 3.75. The van der Waals surface area contributed by atoms with Crippen LogP contribution in [-0.2, 0) is 4.79 Å². The van der Waals surface area contributed by atoms with Crippen LogP contribution in [0, 0.1) is 11.3 Å². The van der Waals surface area contributed by atoms with Gasteiger partial charge < -0.3 is 10.6 Å². The van der Waals surface area contributed by atoms with Crippen LogP contribution in [0.2, 0.25) is 0 Å². The predicted octanol–water partition coefficient (Wildman–Crippen LogP) is 2.34. The van der Waals surface area contributed by atoms with Crippen molar-refractivity contribution in [3.8, 4) is 0 Å². The van der Waals surface area contributed by atoms with Crippen molar-refractivity contribution >= 4 is 23.1 Å². The quantitative estimate of drug-likeness (QED) is 0.785. The van der Waals surface area contributed by atoms with Crippen LogP contribution in [0.5, 0.6) is 0 Å². The maximum atomic E-state index is 11.9. The van der Waals surface area contributed by atoms with Crippen molar-refractivity contribution in [3.63, 3.8) is 0 Å². The summed E-state index contributed by atoms with van der Waals surface area (Å²) >= 11 is 5.09. The summed E-state index contributed by atoms with van der Waals surface area (Å²) in [6.45, 7) is 7.99. The number of carbonyl (C=O) groups excluding carboxylic acids is 1. The van der Waals surface area contributed by atoms with Crippen LogP contribution in [-0.4, -0.2) is 28.9 Å². The molecule has 1 heterocycles. The molecule has 98 valence electrons. The Hall–Kier alpha value is -0.640. The van der Waals surface area contributed by atoms with E-state index in [4.69, 9.17) is 18.0 Å². The monoisotopic (exact) mass is 256 g/mol. The predicted molar refractivity (Wildman–Crippen MR) is 74.8 cm³/mol. The Morgan fingerprint density at radius 3 is 2.35 bits per heavy atom. The third kappa shape index (κ3) is 3.95. The van der Waals surface area contributed by atoms with Crippen LogP contribution in [0.3, 0.4) is 0 Å². The number of hydrogen-bond donors (Lipinski definition) is 1. The molecule has 17 heavy (non-hydrogen) atoms. The summed E-state index contributed by atoms with van der Waals surface area (Å²) in [5.74, 6) is 0.870. The van der Waals surface area contributed by atoms with Crippen molar-refractivity contribution in [1.82, 2.24) is 4.90 Å². The van der Waals surface area contributed by atoms with Crippen LogP contribution in [0.25, 0.3) is 0 Å². The Morgan fingerprint density at radius 1 is 1.41 bits per heavy atom. The topological polar surface area (TPSA) is 46.3 Å². The molecule has 3 nitrogen and oxygen atoms in total. The van der Waals surface area contributed by atoms with Crippen molar-refractivity contribution in [1.29, 1.82) is 0 Å². The van der Waals surface area contributed by atoms with Gasteiger partial charge in [0.15, 0.2) is 0 Å². The number of thiocarbonyl (C=S) groups is 1. The van der Waals surface area contributed by atoms with E-state index in [9.17, 15) is 4.79 Å². The van der Waals surface area contributed by atoms with E-state index in [1.165, 1.54) is 0 Å². The Kier molecular flexibility index (Phi) is 4.92. The maximum absolute atomic E-state index is 11.9. The highest BCUT2D eigenvalue weighted by molar-refractivity contribution is 7.80. The minimum Gasteiger partial charge on any atom is -0.393 e. The molecule has 0 aliphatic carbocycles. The number of piperidine rings is 1. The van der Waals surface area contributed by atoms with Gasteiger partial charge in [-0.25, -0.2) is 0 Å². The van der Waals surface area contributed by atoms with Crippen LogP contribution in [0.1, 0.15) is 46.5 Å². The smallest absolute Gasteiger partial charge is 0.222 e. The average molecular weight is 256 g/mol. The molecular formula is C13H24N2OS. The van der Waals surface area contributed by atoms with Gasteiger partial charge in [-0.2, -0.15) is 0 Å². The molecule has 1 rings (SSSR count). The molecule has 0 saturated carbocycles. The first-order chi connectivity index (χ1) is 7.85. The number of likely N-dealkylation sites (tertiary alicyclic amines) is 1. The lowest BCUT2D eigenvalue weighted by Gasteiger charge is -2.38. The van der Waals surface area contributed by atoms with Crippen molar-refractivity contribution in [2.75, 3.05) is 13.1 Å². The van der Waals surface area contributed by atoms with Gasteiger partial charge >= 0.3 is 0 Å². The lowest BCUT2D eigenvalue weighted by Crippen LogP contribution is -2.46. The number of rotatable bonds is 4. The summed E-state index contributed by atoms with van der Waals surface area (Å²) in [7, 11) is 0. The van der Waals surface area contributed by atoms with E-state index >= 15 is 0 Å². The Morgan fingerprint density at radius 2 is 1.94 bits per heavy atom. The summed E-state index contributed by atoms with van der Waals surface area (Å²) in [6.07, 6.45) is 3.44. The largest absolute Gasteiger partial charge is 0.393 e. The second kappa shape index (κ2) is 5.80. The van der Waals surface area contributed by atoms with E-state index in [0.29, 0.717) is 17.3 Å². The summed E-state index contributed by atoms with van der Waals surface area (Å²) in [5, 5.41) is 0. The molecular weight excluding hydrogens is 232 g/mol. The summed E-state index contributed by atoms with van der Waals surface area (Å²) in [6, 6.07) is 0. The van der Waals surface area contributed by atoms with E-state index in [1.54, 1.807) is 0 Å². The first-order valence-electron chi connectivity index (χ1n) is 6.43. The molecule has 1 fully saturated rings. The van der Waals surface area contributed by atoms with Gasteiger partial charge in [-0.1, -0.05) is 33.0 Å². The summed E-state index contributed by atoms with van der Waals surface area (Å²) in [4.78, 5) is 14.5. The molecule has 0 aromatic rings. The molecule has 0 unspecified atom stereocenters. The molecule has 0 bridgehead atoms. The Balaban J connectivity index is 2.41. The highest BCUT2D eigenvalue weighted by atomic mass is 32.1. The molecule has 0 atom stereocenters. The molecule has 1 aliphatic rings. The zero-order valence-corrected chi connectivity index (χ0v) is 12.0. The van der Waals surface area contributed by atoms with Gasteiger partial charge in [-0.05, 0) is 25.2 Å². The summed E-state index contributed by atoms with van der Waals surface area (Å²) < 4.78 is 0. The zero-order valence-electron chi connectivity index (χ0n) is 11.2. The van der Waals surface area contributed by atoms with Crippen molar-refractivity contribution in [3.05, 3.63) is 0 Å². The fraction of sp³-hybridized carbons (Fsp3) is 0.846. The second-order valence-corrected chi connectivity index (χ2v) is 6.18. The van der Waals surface area contributed by atoms with Crippen LogP contribution >= 0.6 is 12.2 Å². The van der Waals surface area contributed by atoms with E-state index < -0.39 is 0 Å². The molecule has 1 amide bonds. The van der Waals surface area contributed by atoms with E-state index in [0.717, 1.165) is 32.4 Å². The highest BCUT2D eigenvalue weighted by Gasteiger charge is 2.33. The SMILES string of the molecule is CC(C)CCC(=O)N1CCC(C)(C(N)=S)CC1. The van der Waals surface area contributed by atoms with Crippen LogP contribution in [0.4, 0.5) is 0 Å². The first kappa shape index (κ1) is 14.4. The van der Waals surface area contributed by atoms with Gasteiger partial charge in [-0.15, -0.1) is 0 Å². The number of amides is 1. The minimum absolute atomic E-state index is 0.0514. The summed E-state index contributed by atoms with van der Waals surface area (Å²) in [5.41, 5.74) is 5.70. The maximum Gasteiger partial charge on any atom is 0.222 e. The molecule has 1 saturated heterocycles. The number of nitrogens with two attached hydrogens (primary N) is 1. The van der Waals surface area contributed by atoms with E-state index in [2.05, 4.69) is 20.8 Å². The average Bonchev–Trinajstić information content (AvgIpc) is 2.26. The lowest BCUT2D eigenvalue weighted by molar-refractivity contribution is -0.133. The minimum atomic E-state index is -0.0514. The van der Waals surface area contributed by atoms with Gasteiger partial charge in [0.2, 0.25) is 5.91 Å². The number of carbonyl (C=O) groups is 1. The van der Waals surface area contributed by atoms with Crippen molar-refractivity contribution < 1.29 is 4.79 Å². The number of nitrogens with zero attached hydrogens (tertiary/aromatic N) is 1. The van der Waals surface area contributed by atoms with E-state index in [-0.39, 0.29) is 11.3 Å². The molecule has 0 radical (unpaired) electrons. The van der Waals surface area contributed by atoms with Gasteiger partial charge in [0, 0.05) is 24.9 Å². The lowest BCUT2D eigenvalue weighted by atomic mass is 9.80. The Labute approximate surface area is 110 Å². The van der Waals surface area contributed by atoms with Gasteiger partial charge in [0.1, 0.15) is 0 Å². The molecule has 0 spiro atoms. The standard InChI is InChI=1S/C13H24N2OS/c1-10(2)4-5-11(16)15-8-6-13(3,7-9-15)12(14)17/h10H,4-9H2,1-3H3,(H2,14,17). The zero-order chi connectivity index (χ0) is 13.1. The molecule has 0 aromatic heterocycles. The second-order valence-electron chi connectivity index (χ2n) is 5.74. The van der Waals surface area contributed by atoms with Gasteiger partial charge in [-0.3, -0.25) is 4.79 Å². The van der Waals surface area contributed by atoms with E-state index in [1.807, 2.05) is 4.90 Å². The normalized spacial score (nSPS) is 19.4. The third-order valence-corrected chi connectivity index (χ3v) is 4.24. The molecule has 4 heteroatoms. The van der Waals surface area contributed by atoms with Gasteiger partial charge in [0.05, 0.1) is 4.99 Å². The first-order valence-corrected chi connectivity index (χ1v) is 6.83. The van der Waals surface area contributed by atoms with Gasteiger partial charge in [0.25, 0.3) is 0 Å².